The van der Waals surface area contributed by atoms with Crippen LogP contribution in [0.15, 0.2) is 12.2 Å². The molecule has 1 radical (unpaired) electrons. The maximum absolute atomic E-state index is 10.8. The van der Waals surface area contributed by atoms with Crippen LogP contribution < -0.4 is 5.32 Å². The first kappa shape index (κ1) is 11.2. The maximum atomic E-state index is 10.8. The van der Waals surface area contributed by atoms with E-state index in [4.69, 9.17) is 4.74 Å². The number of rotatable bonds is 6. The third-order valence-corrected chi connectivity index (χ3v) is 1.31. The van der Waals surface area contributed by atoms with E-state index in [-0.39, 0.29) is 12.6 Å². The van der Waals surface area contributed by atoms with Gasteiger partial charge in [0, 0.05) is 12.2 Å². The highest BCUT2D eigenvalue weighted by Crippen LogP contribution is 1.89. The van der Waals surface area contributed by atoms with Crippen LogP contribution in [-0.2, 0) is 9.53 Å². The van der Waals surface area contributed by atoms with E-state index in [2.05, 4.69) is 18.8 Å². The topological polar surface area (TPSA) is 40.4 Å². The number of carbonyl (C=O) groups is 1. The summed E-state index contributed by atoms with van der Waals surface area (Å²) in [7, 11) is 0. The summed E-state index contributed by atoms with van der Waals surface area (Å²) in [5, 5.41) is 3.63. The molecule has 0 aliphatic heterocycles. The summed E-state index contributed by atoms with van der Waals surface area (Å²) < 4.78 is 5.07. The summed E-state index contributed by atoms with van der Waals surface area (Å²) in [4.78, 5) is 10.8. The van der Waals surface area contributed by atoms with Crippen molar-refractivity contribution in [2.75, 3.05) is 13.3 Å². The van der Waals surface area contributed by atoms with Crippen LogP contribution in [0.3, 0.4) is 0 Å². The first-order valence-electron chi connectivity index (χ1n) is 4.13. The first-order valence-corrected chi connectivity index (χ1v) is 4.13. The summed E-state index contributed by atoms with van der Waals surface area (Å²) in [5.41, 5.74) is 0.453. The van der Waals surface area contributed by atoms with Crippen molar-refractivity contribution in [3.8, 4) is 0 Å². The highest BCUT2D eigenvalue weighted by Gasteiger charge is 2.01. The molecule has 3 heteroatoms. The van der Waals surface area contributed by atoms with E-state index >= 15 is 0 Å². The van der Waals surface area contributed by atoms with Crippen LogP contribution in [0.5, 0.6) is 0 Å². The molecule has 0 fully saturated rings. The molecule has 0 heterocycles. The molecular formula is C9H16NO2. The molecule has 0 atom stereocenters. The van der Waals surface area contributed by atoms with Gasteiger partial charge in [-0.05, 0) is 13.3 Å². The number of amides is 1. The summed E-state index contributed by atoms with van der Waals surface area (Å²) in [6.45, 7) is 8.02. The molecule has 0 aromatic heterocycles. The van der Waals surface area contributed by atoms with Crippen molar-refractivity contribution in [1.29, 1.82) is 0 Å². The minimum absolute atomic E-state index is 0.158. The van der Waals surface area contributed by atoms with Crippen LogP contribution in [0, 0.1) is 0 Å². The van der Waals surface area contributed by atoms with E-state index in [1.807, 2.05) is 0 Å². The van der Waals surface area contributed by atoms with Crippen molar-refractivity contribution in [2.24, 2.45) is 0 Å². The zero-order valence-electron chi connectivity index (χ0n) is 7.80. The van der Waals surface area contributed by atoms with Gasteiger partial charge in [-0.25, -0.2) is 5.32 Å². The second kappa shape index (κ2) is 6.85. The molecule has 0 bridgehead atoms. The van der Waals surface area contributed by atoms with E-state index in [9.17, 15) is 4.79 Å². The van der Waals surface area contributed by atoms with Gasteiger partial charge in [0.05, 0.1) is 0 Å². The number of unbranched alkanes of at least 4 members (excludes halogenated alkanes) is 1. The summed E-state index contributed by atoms with van der Waals surface area (Å²) in [6.07, 6.45) is 2.10. The lowest BCUT2D eigenvalue weighted by Crippen LogP contribution is -2.19. The Labute approximate surface area is 73.8 Å². The van der Waals surface area contributed by atoms with E-state index in [0.717, 1.165) is 12.8 Å². The van der Waals surface area contributed by atoms with Crippen LogP contribution in [0.1, 0.15) is 26.7 Å². The fraction of sp³-hybridized carbons (Fsp3) is 0.667. The third-order valence-electron chi connectivity index (χ3n) is 1.31. The number of nitrogens with zero attached hydrogens (tertiary/aromatic N) is 1. The molecule has 0 N–H and O–H groups in total. The highest BCUT2D eigenvalue weighted by atomic mass is 16.5. The Balaban J connectivity index is 3.20. The van der Waals surface area contributed by atoms with Gasteiger partial charge >= 0.3 is 0 Å². The molecule has 0 rings (SSSR count). The van der Waals surface area contributed by atoms with Gasteiger partial charge in [-0.1, -0.05) is 19.9 Å². The lowest BCUT2D eigenvalue weighted by molar-refractivity contribution is -0.119. The van der Waals surface area contributed by atoms with Gasteiger partial charge in [0.1, 0.15) is 6.73 Å². The fourth-order valence-electron chi connectivity index (χ4n) is 0.550. The highest BCUT2D eigenvalue weighted by molar-refractivity contribution is 5.91. The Hall–Kier alpha value is -0.830. The first-order chi connectivity index (χ1) is 5.68. The van der Waals surface area contributed by atoms with Crippen LogP contribution in [0.25, 0.3) is 0 Å². The third kappa shape index (κ3) is 5.92. The normalized spacial score (nSPS) is 9.50. The molecule has 0 saturated carbocycles. The van der Waals surface area contributed by atoms with Crippen molar-refractivity contribution in [3.05, 3.63) is 12.2 Å². The van der Waals surface area contributed by atoms with Gasteiger partial charge < -0.3 is 4.74 Å². The smallest absolute Gasteiger partial charge is 0.269 e. The van der Waals surface area contributed by atoms with Crippen LogP contribution in [0.4, 0.5) is 0 Å². The monoisotopic (exact) mass is 170 g/mol. The van der Waals surface area contributed by atoms with Gasteiger partial charge in [0.15, 0.2) is 0 Å². The van der Waals surface area contributed by atoms with Crippen LogP contribution in [-0.4, -0.2) is 19.2 Å². The quantitative estimate of drug-likeness (QED) is 0.447. The molecule has 1 amide bonds. The second-order valence-corrected chi connectivity index (χ2v) is 2.63. The van der Waals surface area contributed by atoms with E-state index in [1.165, 1.54) is 0 Å². The second-order valence-electron chi connectivity index (χ2n) is 2.63. The Kier molecular flexibility index (Phi) is 6.38. The molecule has 0 aromatic rings. The van der Waals surface area contributed by atoms with Crippen LogP contribution >= 0.6 is 0 Å². The van der Waals surface area contributed by atoms with Gasteiger partial charge in [-0.15, -0.1) is 0 Å². The van der Waals surface area contributed by atoms with Crippen molar-refractivity contribution >= 4 is 5.91 Å². The summed E-state index contributed by atoms with van der Waals surface area (Å²) in [5.74, 6) is -0.272. The standard InChI is InChI=1S/C9H16NO2/c1-4-5-6-12-7-10-9(11)8(2)3/h2,4-7H2,1,3H3. The number of carbonyl (C=O) groups excluding carboxylic acids is 1. The average Bonchev–Trinajstić information content (AvgIpc) is 2.03. The Morgan fingerprint density at radius 1 is 1.58 bits per heavy atom. The predicted octanol–water partition coefficient (Wildman–Crippen LogP) is 1.47. The molecule has 0 aromatic carbocycles. The van der Waals surface area contributed by atoms with E-state index in [1.54, 1.807) is 6.92 Å². The lowest BCUT2D eigenvalue weighted by atomic mass is 10.3. The number of ether oxygens (including phenoxy) is 1. The maximum Gasteiger partial charge on any atom is 0.269 e. The van der Waals surface area contributed by atoms with Gasteiger partial charge in [0.2, 0.25) is 0 Å². The molecular weight excluding hydrogens is 154 g/mol. The minimum atomic E-state index is -0.272. The molecule has 0 aliphatic carbocycles. The Bertz CT molecular complexity index is 155. The minimum Gasteiger partial charge on any atom is -0.359 e. The van der Waals surface area contributed by atoms with Crippen molar-refractivity contribution in [1.82, 2.24) is 5.32 Å². The van der Waals surface area contributed by atoms with Crippen LogP contribution in [0.2, 0.25) is 0 Å². The molecule has 3 nitrogen and oxygen atoms in total. The SMILES string of the molecule is C=C(C)C(=O)[N]COCCCC. The van der Waals surface area contributed by atoms with Gasteiger partial charge in [-0.3, -0.25) is 4.79 Å². The molecule has 0 aliphatic rings. The molecule has 0 unspecified atom stereocenters. The van der Waals surface area contributed by atoms with E-state index in [0.29, 0.717) is 12.2 Å². The van der Waals surface area contributed by atoms with Crippen molar-refractivity contribution in [3.63, 3.8) is 0 Å². The fourth-order valence-corrected chi connectivity index (χ4v) is 0.550. The summed E-state index contributed by atoms with van der Waals surface area (Å²) >= 11 is 0. The lowest BCUT2D eigenvalue weighted by Gasteiger charge is -2.02. The molecule has 12 heavy (non-hydrogen) atoms. The number of hydrogen-bond acceptors (Lipinski definition) is 2. The van der Waals surface area contributed by atoms with Gasteiger partial charge in [0.25, 0.3) is 5.91 Å². The Morgan fingerprint density at radius 2 is 2.25 bits per heavy atom. The average molecular weight is 170 g/mol. The molecule has 69 valence electrons. The Morgan fingerprint density at radius 3 is 2.75 bits per heavy atom. The zero-order chi connectivity index (χ0) is 9.40. The molecule has 0 spiro atoms. The zero-order valence-corrected chi connectivity index (χ0v) is 7.80. The van der Waals surface area contributed by atoms with Crippen molar-refractivity contribution in [2.45, 2.75) is 26.7 Å². The van der Waals surface area contributed by atoms with Gasteiger partial charge in [-0.2, -0.15) is 0 Å². The largest absolute Gasteiger partial charge is 0.359 e. The number of hydrogen-bond donors (Lipinski definition) is 0. The predicted molar refractivity (Wildman–Crippen MR) is 47.7 cm³/mol. The molecule has 0 saturated heterocycles. The van der Waals surface area contributed by atoms with E-state index < -0.39 is 0 Å². The summed E-state index contributed by atoms with van der Waals surface area (Å²) in [6, 6.07) is 0. The van der Waals surface area contributed by atoms with Crippen molar-refractivity contribution < 1.29 is 9.53 Å².